The third-order valence-corrected chi connectivity index (χ3v) is 6.64. The van der Waals surface area contributed by atoms with Crippen molar-refractivity contribution in [2.24, 2.45) is 5.14 Å². The van der Waals surface area contributed by atoms with Crippen LogP contribution >= 0.6 is 12.2 Å². The molecule has 1 heterocycles. The molecule has 1 aliphatic rings. The predicted molar refractivity (Wildman–Crippen MR) is 151 cm³/mol. The van der Waals surface area contributed by atoms with Crippen LogP contribution < -0.4 is 24.7 Å². The molecule has 0 fully saturated rings. The van der Waals surface area contributed by atoms with E-state index in [4.69, 9.17) is 22.1 Å². The van der Waals surface area contributed by atoms with Crippen LogP contribution in [0.1, 0.15) is 33.0 Å². The van der Waals surface area contributed by atoms with Gasteiger partial charge in [-0.2, -0.15) is 13.6 Å². The van der Waals surface area contributed by atoms with E-state index in [-0.39, 0.29) is 27.9 Å². The number of nitrogens with two attached hydrogens (primary N) is 1. The number of aromatic hydroxyl groups is 2. The zero-order chi connectivity index (χ0) is 28.6. The topological polar surface area (TPSA) is 180 Å². The summed E-state index contributed by atoms with van der Waals surface area (Å²) in [5.41, 5.74) is 2.66. The number of fused-ring (bicyclic) bond motifs is 2. The highest BCUT2D eigenvalue weighted by Gasteiger charge is 2.32. The van der Waals surface area contributed by atoms with Gasteiger partial charge in [0.1, 0.15) is 28.7 Å². The molecule has 13 heteroatoms. The van der Waals surface area contributed by atoms with Gasteiger partial charge in [0.2, 0.25) is 0 Å². The first-order valence-electron chi connectivity index (χ1n) is 11.6. The monoisotopic (exact) mass is 579 g/mol. The van der Waals surface area contributed by atoms with Crippen LogP contribution in [0.5, 0.6) is 28.7 Å². The second kappa shape index (κ2) is 10.4. The van der Waals surface area contributed by atoms with Crippen molar-refractivity contribution in [2.45, 2.75) is 5.92 Å². The first kappa shape index (κ1) is 26.7. The van der Waals surface area contributed by atoms with E-state index in [9.17, 15) is 28.5 Å². The van der Waals surface area contributed by atoms with E-state index in [1.165, 1.54) is 54.6 Å². The average molecular weight is 580 g/mol. The molecule has 0 saturated carbocycles. The van der Waals surface area contributed by atoms with E-state index in [1.54, 1.807) is 24.3 Å². The number of benzene rings is 4. The Kier molecular flexibility index (Phi) is 6.94. The molecule has 11 nitrogen and oxygen atoms in total. The summed E-state index contributed by atoms with van der Waals surface area (Å²) in [4.78, 5) is 12.4. The molecule has 4 aromatic rings. The van der Waals surface area contributed by atoms with Crippen molar-refractivity contribution in [1.82, 2.24) is 0 Å². The van der Waals surface area contributed by atoms with Crippen molar-refractivity contribution in [3.8, 4) is 28.7 Å². The summed E-state index contributed by atoms with van der Waals surface area (Å²) in [7, 11) is -4.15. The molecule has 0 amide bonds. The van der Waals surface area contributed by atoms with E-state index in [0.29, 0.717) is 39.6 Å². The SMILES string of the molecule is NS(=O)(=O)Oc1ccc(NC(=S)Nc2ccc(C3c4ccc(O)cc4Oc4cc(O)ccc43)c(C(=O)O)c2)cc1. The number of aromatic carboxylic acids is 1. The minimum Gasteiger partial charge on any atom is -0.508 e. The summed E-state index contributed by atoms with van der Waals surface area (Å²) in [5.74, 6) is -1.08. The number of carbonyl (C=O) groups is 1. The number of phenolic OH excluding ortho intramolecular Hbond substituents is 2. The Morgan fingerprint density at radius 3 is 1.90 bits per heavy atom. The Labute approximate surface area is 233 Å². The highest BCUT2D eigenvalue weighted by Crippen LogP contribution is 2.49. The number of rotatable bonds is 6. The fourth-order valence-electron chi connectivity index (χ4n) is 4.41. The number of carboxylic acids is 1. The number of hydrogen-bond acceptors (Lipinski definition) is 8. The second-order valence-electron chi connectivity index (χ2n) is 8.77. The van der Waals surface area contributed by atoms with Crippen LogP contribution in [0.3, 0.4) is 0 Å². The second-order valence-corrected chi connectivity index (χ2v) is 10.3. The van der Waals surface area contributed by atoms with Crippen LogP contribution in [0.4, 0.5) is 11.4 Å². The predicted octanol–water partition coefficient (Wildman–Crippen LogP) is 4.47. The smallest absolute Gasteiger partial charge is 0.380 e. The summed E-state index contributed by atoms with van der Waals surface area (Å²) in [6.45, 7) is 0. The highest BCUT2D eigenvalue weighted by molar-refractivity contribution is 7.84. The summed E-state index contributed by atoms with van der Waals surface area (Å²) in [6.07, 6.45) is 0. The zero-order valence-electron chi connectivity index (χ0n) is 20.4. The Hall–Kier alpha value is -4.85. The molecule has 0 atom stereocenters. The summed E-state index contributed by atoms with van der Waals surface area (Å²) < 4.78 is 32.6. The number of hydrogen-bond donors (Lipinski definition) is 6. The third-order valence-electron chi connectivity index (χ3n) is 6.01. The number of nitrogens with one attached hydrogen (secondary N) is 2. The molecule has 0 aromatic heterocycles. The molecular weight excluding hydrogens is 558 g/mol. The van der Waals surface area contributed by atoms with Crippen LogP contribution in [-0.4, -0.2) is 34.8 Å². The van der Waals surface area contributed by atoms with E-state index >= 15 is 0 Å². The van der Waals surface area contributed by atoms with E-state index in [2.05, 4.69) is 14.8 Å². The summed E-state index contributed by atoms with van der Waals surface area (Å²) >= 11 is 5.35. The van der Waals surface area contributed by atoms with Crippen molar-refractivity contribution in [3.63, 3.8) is 0 Å². The van der Waals surface area contributed by atoms with Crippen molar-refractivity contribution in [3.05, 3.63) is 101 Å². The maximum atomic E-state index is 12.4. The van der Waals surface area contributed by atoms with Crippen molar-refractivity contribution in [2.75, 3.05) is 10.6 Å². The molecule has 204 valence electrons. The third kappa shape index (κ3) is 5.76. The molecule has 1 aliphatic heterocycles. The maximum Gasteiger partial charge on any atom is 0.380 e. The minimum atomic E-state index is -4.15. The van der Waals surface area contributed by atoms with Gasteiger partial charge in [-0.3, -0.25) is 0 Å². The Morgan fingerprint density at radius 1 is 0.825 bits per heavy atom. The largest absolute Gasteiger partial charge is 0.508 e. The molecule has 0 spiro atoms. The fraction of sp³-hybridized carbons (Fsp3) is 0.0370. The van der Waals surface area contributed by atoms with Gasteiger partial charge < -0.3 is 34.9 Å². The molecule has 4 aromatic carbocycles. The van der Waals surface area contributed by atoms with Gasteiger partial charge in [0.15, 0.2) is 5.11 Å². The van der Waals surface area contributed by atoms with Gasteiger partial charge in [-0.15, -0.1) is 0 Å². The Bertz CT molecular complexity index is 1710. The molecule has 0 unspecified atom stereocenters. The van der Waals surface area contributed by atoms with Crippen molar-refractivity contribution in [1.29, 1.82) is 0 Å². The fourth-order valence-corrected chi connectivity index (χ4v) is 5.03. The van der Waals surface area contributed by atoms with Gasteiger partial charge in [-0.25, -0.2) is 4.79 Å². The summed E-state index contributed by atoms with van der Waals surface area (Å²) in [6, 6.07) is 19.8. The van der Waals surface area contributed by atoms with Crippen molar-refractivity contribution < 1.29 is 37.5 Å². The zero-order valence-corrected chi connectivity index (χ0v) is 22.0. The van der Waals surface area contributed by atoms with Crippen molar-refractivity contribution >= 4 is 45.0 Å². The number of ether oxygens (including phenoxy) is 1. The van der Waals surface area contributed by atoms with Gasteiger partial charge in [0, 0.05) is 40.6 Å². The average Bonchev–Trinajstić information content (AvgIpc) is 2.87. The Morgan fingerprint density at radius 2 is 1.35 bits per heavy atom. The lowest BCUT2D eigenvalue weighted by atomic mass is 9.80. The standard InChI is InChI=1S/C27H21N3O8S2/c28-40(35,36)38-18-6-1-14(2-7-18)29-27(39)30-15-3-8-19(22(11-15)26(33)34)25-20-9-4-16(31)12-23(20)37-24-13-17(32)5-10-21(24)25/h1-13,25,31-32H,(H,33,34)(H2,28,35,36)(H2,29,30,39). The van der Waals surface area contributed by atoms with Gasteiger partial charge in [-0.1, -0.05) is 18.2 Å². The van der Waals surface area contributed by atoms with Gasteiger partial charge in [0.25, 0.3) is 0 Å². The number of thiocarbonyl (C=S) groups is 1. The van der Waals surface area contributed by atoms with E-state index in [1.807, 2.05) is 0 Å². The summed E-state index contributed by atoms with van der Waals surface area (Å²) in [5, 5.41) is 41.0. The van der Waals surface area contributed by atoms with E-state index in [0.717, 1.165) is 0 Å². The number of carboxylic acid groups (broad SMARTS) is 1. The lowest BCUT2D eigenvalue weighted by Crippen LogP contribution is -2.20. The molecule has 7 N–H and O–H groups in total. The number of phenols is 2. The van der Waals surface area contributed by atoms with Crippen LogP contribution in [0.2, 0.25) is 0 Å². The van der Waals surface area contributed by atoms with Gasteiger partial charge in [-0.05, 0) is 66.3 Å². The first-order chi connectivity index (χ1) is 19.0. The van der Waals surface area contributed by atoms with E-state index < -0.39 is 22.2 Å². The molecule has 0 aliphatic carbocycles. The minimum absolute atomic E-state index is 0.00208. The molecule has 40 heavy (non-hydrogen) atoms. The van der Waals surface area contributed by atoms with Gasteiger partial charge >= 0.3 is 16.3 Å². The van der Waals surface area contributed by atoms with Gasteiger partial charge in [0.05, 0.1) is 5.56 Å². The molecule has 0 bridgehead atoms. The normalized spacial score (nSPS) is 12.4. The number of anilines is 2. The Balaban J connectivity index is 1.43. The molecule has 5 rings (SSSR count). The molecule has 0 saturated heterocycles. The first-order valence-corrected chi connectivity index (χ1v) is 13.5. The van der Waals surface area contributed by atoms with Crippen LogP contribution in [0.25, 0.3) is 0 Å². The molecular formula is C27H21N3O8S2. The van der Waals surface area contributed by atoms with Crippen LogP contribution in [-0.2, 0) is 10.3 Å². The maximum absolute atomic E-state index is 12.4. The lowest BCUT2D eigenvalue weighted by molar-refractivity contribution is 0.0695. The molecule has 0 radical (unpaired) electrons. The quantitative estimate of drug-likeness (QED) is 0.156. The highest BCUT2D eigenvalue weighted by atomic mass is 32.2. The van der Waals surface area contributed by atoms with Crippen LogP contribution in [0.15, 0.2) is 78.9 Å². The lowest BCUT2D eigenvalue weighted by Gasteiger charge is -2.30. The van der Waals surface area contributed by atoms with Crippen LogP contribution in [0, 0.1) is 0 Å².